The molecule has 0 rings (SSSR count). The molecule has 0 aromatic heterocycles. The van der Waals surface area contributed by atoms with Crippen LogP contribution in [0, 0.1) is 0 Å². The van der Waals surface area contributed by atoms with E-state index in [0.717, 1.165) is 0 Å². The third kappa shape index (κ3) is 6.67. The minimum atomic E-state index is -1.21. The zero-order valence-electron chi connectivity index (χ0n) is 5.15. The molecule has 0 fully saturated rings. The number of aliphatic carboxylic acids is 2. The Bertz CT molecular complexity index is 137. The van der Waals surface area contributed by atoms with Gasteiger partial charge in [0.1, 0.15) is 5.25 Å². The van der Waals surface area contributed by atoms with Gasteiger partial charge < -0.3 is 10.2 Å². The second-order valence-electron chi connectivity index (χ2n) is 1.45. The summed E-state index contributed by atoms with van der Waals surface area (Å²) in [5.41, 5.74) is 0. The summed E-state index contributed by atoms with van der Waals surface area (Å²) in [5.74, 6) is -2.36. The van der Waals surface area contributed by atoms with Gasteiger partial charge in [-0.3, -0.25) is 9.59 Å². The van der Waals surface area contributed by atoms with Crippen molar-refractivity contribution in [1.29, 1.82) is 0 Å². The summed E-state index contributed by atoms with van der Waals surface area (Å²) in [6.07, 6.45) is -0.446. The number of hydrogen-bond donors (Lipinski definition) is 3. The second kappa shape index (κ2) is 6.27. The number of carbonyl (C=O) groups is 2. The fourth-order valence-electron chi connectivity index (χ4n) is 0.253. The Morgan fingerprint density at radius 2 is 1.80 bits per heavy atom. The van der Waals surface area contributed by atoms with Crippen LogP contribution in [0.15, 0.2) is 0 Å². The van der Waals surface area contributed by atoms with E-state index in [1.165, 1.54) is 0 Å². The standard InChI is InChI=1S/C4H6O4S.Ca/c5-3(6)1-2(9)4(7)8;/h2,9H,1H2,(H,5,6)(H,7,8);. The van der Waals surface area contributed by atoms with E-state index in [9.17, 15) is 9.59 Å². The summed E-state index contributed by atoms with van der Waals surface area (Å²) < 4.78 is 0. The number of rotatable bonds is 3. The van der Waals surface area contributed by atoms with Gasteiger partial charge in [0, 0.05) is 37.7 Å². The van der Waals surface area contributed by atoms with Crippen molar-refractivity contribution in [3.63, 3.8) is 0 Å². The summed E-state index contributed by atoms with van der Waals surface area (Å²) in [4.78, 5) is 19.7. The van der Waals surface area contributed by atoms with Gasteiger partial charge in [0.15, 0.2) is 0 Å². The Kier molecular flexibility index (Phi) is 8.26. The molecule has 6 heteroatoms. The Morgan fingerprint density at radius 3 is 1.90 bits per heavy atom. The zero-order valence-corrected chi connectivity index (χ0v) is 8.25. The van der Waals surface area contributed by atoms with Gasteiger partial charge in [0.05, 0.1) is 6.42 Å². The summed E-state index contributed by atoms with van der Waals surface area (Å²) in [6.45, 7) is 0. The molecule has 1 unspecified atom stereocenters. The molecule has 0 saturated heterocycles. The van der Waals surface area contributed by atoms with Crippen molar-refractivity contribution in [2.45, 2.75) is 11.7 Å². The maximum Gasteiger partial charge on any atom is 0.316 e. The topological polar surface area (TPSA) is 74.6 Å². The molecule has 0 amide bonds. The van der Waals surface area contributed by atoms with Crippen LogP contribution < -0.4 is 0 Å². The molecule has 4 nitrogen and oxygen atoms in total. The van der Waals surface area contributed by atoms with Crippen molar-refractivity contribution >= 4 is 62.3 Å². The maximum atomic E-state index is 9.90. The van der Waals surface area contributed by atoms with Crippen LogP contribution in [0.25, 0.3) is 0 Å². The molecule has 0 aromatic carbocycles. The van der Waals surface area contributed by atoms with Crippen molar-refractivity contribution in [1.82, 2.24) is 0 Å². The molecular weight excluding hydrogens is 184 g/mol. The van der Waals surface area contributed by atoms with Crippen molar-refractivity contribution in [2.24, 2.45) is 0 Å². The smallest absolute Gasteiger partial charge is 0.316 e. The molecule has 2 N–H and O–H groups in total. The van der Waals surface area contributed by atoms with Crippen molar-refractivity contribution in [3.05, 3.63) is 0 Å². The molecule has 54 valence electrons. The Balaban J connectivity index is 0. The Labute approximate surface area is 93.0 Å². The molecule has 1 atom stereocenters. The molecule has 0 bridgehead atoms. The molecule has 0 saturated carbocycles. The molecule has 0 aliphatic heterocycles. The Morgan fingerprint density at radius 1 is 1.40 bits per heavy atom. The van der Waals surface area contributed by atoms with Crippen LogP contribution in [0.5, 0.6) is 0 Å². The van der Waals surface area contributed by atoms with Crippen LogP contribution in [0.3, 0.4) is 0 Å². The van der Waals surface area contributed by atoms with Crippen LogP contribution in [-0.4, -0.2) is 65.1 Å². The van der Waals surface area contributed by atoms with Crippen LogP contribution in [0.1, 0.15) is 6.42 Å². The van der Waals surface area contributed by atoms with Crippen molar-refractivity contribution in [2.75, 3.05) is 0 Å². The predicted molar refractivity (Wildman–Crippen MR) is 38.4 cm³/mol. The quantitative estimate of drug-likeness (QED) is 0.413. The first-order valence-electron chi connectivity index (χ1n) is 2.16. The monoisotopic (exact) mass is 190 g/mol. The first-order valence-corrected chi connectivity index (χ1v) is 2.68. The molecule has 10 heavy (non-hydrogen) atoms. The van der Waals surface area contributed by atoms with E-state index < -0.39 is 23.6 Å². The largest absolute Gasteiger partial charge is 0.481 e. The predicted octanol–water partition coefficient (Wildman–Crippen LogP) is -0.537. The van der Waals surface area contributed by atoms with Crippen molar-refractivity contribution in [3.8, 4) is 0 Å². The van der Waals surface area contributed by atoms with E-state index in [0.29, 0.717) is 0 Å². The van der Waals surface area contributed by atoms with Crippen LogP contribution in [0.4, 0.5) is 0 Å². The van der Waals surface area contributed by atoms with E-state index in [1.807, 2.05) is 0 Å². The number of thiol groups is 1. The molecule has 0 heterocycles. The summed E-state index contributed by atoms with van der Waals surface area (Å²) in [7, 11) is 0. The molecular formula is C4H6CaO4S. The third-order valence-corrected chi connectivity index (χ3v) is 1.06. The van der Waals surface area contributed by atoms with E-state index in [2.05, 4.69) is 12.6 Å². The number of carboxylic acids is 2. The molecule has 2 radical (unpaired) electrons. The summed E-state index contributed by atoms with van der Waals surface area (Å²) in [6, 6.07) is 0. The van der Waals surface area contributed by atoms with Gasteiger partial charge in [0.2, 0.25) is 0 Å². The summed E-state index contributed by atoms with van der Waals surface area (Å²) in [5, 5.41) is 15.0. The number of carboxylic acid groups (broad SMARTS) is 2. The zero-order chi connectivity index (χ0) is 7.44. The summed E-state index contributed by atoms with van der Waals surface area (Å²) >= 11 is 3.48. The van der Waals surface area contributed by atoms with Crippen LogP contribution >= 0.6 is 12.6 Å². The second-order valence-corrected chi connectivity index (χ2v) is 2.08. The fraction of sp³-hybridized carbons (Fsp3) is 0.500. The van der Waals surface area contributed by atoms with E-state index in [1.54, 1.807) is 0 Å². The normalized spacial score (nSPS) is 11.3. The molecule has 0 aliphatic rings. The molecule has 0 spiro atoms. The van der Waals surface area contributed by atoms with Gasteiger partial charge in [-0.25, -0.2) is 0 Å². The van der Waals surface area contributed by atoms with E-state index >= 15 is 0 Å². The van der Waals surface area contributed by atoms with Gasteiger partial charge >= 0.3 is 11.9 Å². The molecule has 0 aliphatic carbocycles. The minimum Gasteiger partial charge on any atom is -0.481 e. The number of hydrogen-bond acceptors (Lipinski definition) is 3. The Hall–Kier alpha value is 0.550. The van der Waals surface area contributed by atoms with Gasteiger partial charge in [-0.05, 0) is 0 Å². The van der Waals surface area contributed by atoms with E-state index in [4.69, 9.17) is 10.2 Å². The maximum absolute atomic E-state index is 9.90. The van der Waals surface area contributed by atoms with E-state index in [-0.39, 0.29) is 37.7 Å². The third-order valence-electron chi connectivity index (χ3n) is 0.653. The van der Waals surface area contributed by atoms with Gasteiger partial charge in [-0.2, -0.15) is 12.6 Å². The van der Waals surface area contributed by atoms with Crippen LogP contribution in [-0.2, 0) is 9.59 Å². The SMILES string of the molecule is O=C(O)CC(S)C(=O)O.[Ca]. The molecule has 0 aromatic rings. The van der Waals surface area contributed by atoms with Gasteiger partial charge in [-0.15, -0.1) is 0 Å². The average molecular weight is 190 g/mol. The first-order chi connectivity index (χ1) is 4.04. The van der Waals surface area contributed by atoms with Gasteiger partial charge in [0.25, 0.3) is 0 Å². The van der Waals surface area contributed by atoms with Gasteiger partial charge in [-0.1, -0.05) is 0 Å². The first kappa shape index (κ1) is 13.2. The van der Waals surface area contributed by atoms with Crippen LogP contribution in [0.2, 0.25) is 0 Å². The average Bonchev–Trinajstić information content (AvgIpc) is 1.63. The van der Waals surface area contributed by atoms with Crippen molar-refractivity contribution < 1.29 is 19.8 Å². The fourth-order valence-corrected chi connectivity index (χ4v) is 0.409. The minimum absolute atomic E-state index is 0.